The Balaban J connectivity index is 0.00000126. The van der Waals surface area contributed by atoms with Gasteiger partial charge >= 0.3 is 0 Å². The van der Waals surface area contributed by atoms with Crippen molar-refractivity contribution in [3.8, 4) is 5.75 Å². The first-order valence-electron chi connectivity index (χ1n) is 9.07. The molecule has 0 saturated carbocycles. The van der Waals surface area contributed by atoms with E-state index in [1.165, 1.54) is 0 Å². The first kappa shape index (κ1) is 21.3. The van der Waals surface area contributed by atoms with Crippen molar-refractivity contribution in [2.75, 3.05) is 12.3 Å². The van der Waals surface area contributed by atoms with Gasteiger partial charge in [0.05, 0.1) is 6.61 Å². The van der Waals surface area contributed by atoms with E-state index < -0.39 is 0 Å². The minimum absolute atomic E-state index is 0.0971. The fourth-order valence-corrected chi connectivity index (χ4v) is 3.55. The van der Waals surface area contributed by atoms with Gasteiger partial charge in [0.1, 0.15) is 17.1 Å². The Hall–Kier alpha value is -1.98. The summed E-state index contributed by atoms with van der Waals surface area (Å²) < 4.78 is 7.79. The van der Waals surface area contributed by atoms with Crippen LogP contribution in [0.5, 0.6) is 5.75 Å². The second kappa shape index (κ2) is 8.81. The summed E-state index contributed by atoms with van der Waals surface area (Å²) in [6.07, 6.45) is 3.44. The van der Waals surface area contributed by atoms with Gasteiger partial charge in [-0.2, -0.15) is 0 Å². The molecule has 0 saturated heterocycles. The third kappa shape index (κ3) is 3.85. The lowest BCUT2D eigenvalue weighted by Gasteiger charge is -2.20. The van der Waals surface area contributed by atoms with Crippen molar-refractivity contribution in [2.24, 2.45) is 0 Å². The second-order valence-corrected chi connectivity index (χ2v) is 6.74. The number of nitrogens with two attached hydrogens (primary N) is 1. The van der Waals surface area contributed by atoms with Gasteiger partial charge in [-0.1, -0.05) is 44.0 Å². The van der Waals surface area contributed by atoms with Crippen LogP contribution in [0.25, 0.3) is 5.52 Å². The van der Waals surface area contributed by atoms with Crippen LogP contribution in [0, 0.1) is 13.8 Å². The Morgan fingerprint density at radius 2 is 1.89 bits per heavy atom. The molecule has 0 radical (unpaired) electrons. The number of rotatable bonds is 4. The topological polar surface area (TPSA) is 65.4 Å². The lowest BCUT2D eigenvalue weighted by molar-refractivity contribution is 0.332. The molecule has 2 heterocycles. The molecule has 0 bridgehead atoms. The molecule has 0 aliphatic rings. The summed E-state index contributed by atoms with van der Waals surface area (Å²) in [6.45, 7) is 12.6. The van der Waals surface area contributed by atoms with Crippen molar-refractivity contribution in [1.82, 2.24) is 14.4 Å². The summed E-state index contributed by atoms with van der Waals surface area (Å²) in [5.41, 5.74) is 9.58. The summed E-state index contributed by atoms with van der Waals surface area (Å²) in [5.74, 6) is 1.85. The summed E-state index contributed by atoms with van der Waals surface area (Å²) in [7, 11) is 0. The third-order valence-electron chi connectivity index (χ3n) is 4.52. The number of imidazole rings is 1. The van der Waals surface area contributed by atoms with Crippen LogP contribution < -0.4 is 10.5 Å². The number of anilines is 1. The summed E-state index contributed by atoms with van der Waals surface area (Å²) >= 11 is 12.7. The van der Waals surface area contributed by atoms with Crippen LogP contribution in [0.1, 0.15) is 56.1 Å². The average Bonchev–Trinajstić information content (AvgIpc) is 3.01. The minimum Gasteiger partial charge on any atom is -0.493 e. The molecule has 7 heteroatoms. The number of hydrogen-bond acceptors (Lipinski definition) is 4. The van der Waals surface area contributed by atoms with Crippen LogP contribution in [-0.2, 0) is 0 Å². The van der Waals surface area contributed by atoms with Gasteiger partial charge in [-0.3, -0.25) is 4.40 Å². The lowest BCUT2D eigenvalue weighted by Crippen LogP contribution is -2.08. The van der Waals surface area contributed by atoms with Crippen molar-refractivity contribution < 1.29 is 4.74 Å². The van der Waals surface area contributed by atoms with Gasteiger partial charge in [0.2, 0.25) is 0 Å². The molecule has 0 aliphatic heterocycles. The summed E-state index contributed by atoms with van der Waals surface area (Å²) in [4.78, 5) is 8.61. The fourth-order valence-electron chi connectivity index (χ4n) is 3.02. The van der Waals surface area contributed by atoms with Crippen LogP contribution >= 0.6 is 23.2 Å². The van der Waals surface area contributed by atoms with Crippen LogP contribution in [-0.4, -0.2) is 21.0 Å². The molecule has 0 aliphatic carbocycles. The summed E-state index contributed by atoms with van der Waals surface area (Å²) in [6, 6.07) is 1.94. The molecule has 0 fully saturated rings. The molecule has 27 heavy (non-hydrogen) atoms. The van der Waals surface area contributed by atoms with Gasteiger partial charge in [0, 0.05) is 28.9 Å². The van der Waals surface area contributed by atoms with Crippen molar-refractivity contribution in [3.63, 3.8) is 0 Å². The molecule has 1 aromatic carbocycles. The Morgan fingerprint density at radius 1 is 1.22 bits per heavy atom. The lowest BCUT2D eigenvalue weighted by atomic mass is 9.94. The number of aromatic nitrogens is 3. The largest absolute Gasteiger partial charge is 0.493 e. The van der Waals surface area contributed by atoms with Crippen LogP contribution in [0.2, 0.25) is 10.2 Å². The Kier molecular flexibility index (Phi) is 6.95. The zero-order chi connectivity index (χ0) is 20.3. The first-order valence-corrected chi connectivity index (χ1v) is 9.82. The monoisotopic (exact) mass is 408 g/mol. The molecule has 2 aromatic heterocycles. The first-order chi connectivity index (χ1) is 12.9. The van der Waals surface area contributed by atoms with Gasteiger partial charge < -0.3 is 10.5 Å². The standard InChI is InChI=1S/C18H20Cl2N4O.C2H6/c1-5-25-15-10(3)9(2)13(19)8-12(15)11(4)18-23-16(20)14-17(21)22-6-7-24(14)18;1-2/h6-8,11H,5H2,1-4H3,(H2,21,22);1-2H3. The third-order valence-corrected chi connectivity index (χ3v) is 5.17. The molecule has 1 atom stereocenters. The van der Waals surface area contributed by atoms with Gasteiger partial charge in [0.15, 0.2) is 11.0 Å². The molecule has 2 N–H and O–H groups in total. The quantitative estimate of drug-likeness (QED) is 0.590. The second-order valence-electron chi connectivity index (χ2n) is 5.97. The zero-order valence-corrected chi connectivity index (χ0v) is 18.1. The van der Waals surface area contributed by atoms with E-state index in [9.17, 15) is 0 Å². The highest BCUT2D eigenvalue weighted by molar-refractivity contribution is 6.33. The van der Waals surface area contributed by atoms with Crippen molar-refractivity contribution in [2.45, 2.75) is 47.5 Å². The van der Waals surface area contributed by atoms with Crippen molar-refractivity contribution in [3.05, 3.63) is 51.2 Å². The normalized spacial score (nSPS) is 11.9. The molecular weight excluding hydrogens is 383 g/mol. The fraction of sp³-hybridized carbons (Fsp3) is 0.400. The van der Waals surface area contributed by atoms with E-state index in [4.69, 9.17) is 33.7 Å². The van der Waals surface area contributed by atoms with Crippen molar-refractivity contribution >= 4 is 34.5 Å². The average molecular weight is 409 g/mol. The SMILES string of the molecule is CC.CCOc1c(C(C)c2nc(Cl)c3c(N)nccn23)cc(Cl)c(C)c1C. The maximum absolute atomic E-state index is 6.43. The molecule has 0 spiro atoms. The Labute approximate surface area is 170 Å². The van der Waals surface area contributed by atoms with E-state index in [0.29, 0.717) is 28.1 Å². The number of hydrogen-bond donors (Lipinski definition) is 1. The molecule has 146 valence electrons. The smallest absolute Gasteiger partial charge is 0.158 e. The molecule has 3 rings (SSSR count). The van der Waals surface area contributed by atoms with Gasteiger partial charge in [0.25, 0.3) is 0 Å². The highest BCUT2D eigenvalue weighted by Crippen LogP contribution is 2.39. The number of ether oxygens (including phenoxy) is 1. The van der Waals surface area contributed by atoms with Gasteiger partial charge in [-0.25, -0.2) is 9.97 Å². The molecule has 0 amide bonds. The van der Waals surface area contributed by atoms with E-state index >= 15 is 0 Å². The molecule has 3 aromatic rings. The Morgan fingerprint density at radius 3 is 2.52 bits per heavy atom. The van der Waals surface area contributed by atoms with Crippen molar-refractivity contribution in [1.29, 1.82) is 0 Å². The number of benzene rings is 1. The maximum atomic E-state index is 6.43. The predicted molar refractivity (Wildman–Crippen MR) is 113 cm³/mol. The maximum Gasteiger partial charge on any atom is 0.158 e. The minimum atomic E-state index is -0.0971. The van der Waals surface area contributed by atoms with Crippen LogP contribution in [0.4, 0.5) is 5.82 Å². The van der Waals surface area contributed by atoms with E-state index in [1.807, 2.05) is 52.0 Å². The number of fused-ring (bicyclic) bond motifs is 1. The van der Waals surface area contributed by atoms with E-state index in [2.05, 4.69) is 9.97 Å². The van der Waals surface area contributed by atoms with E-state index in [-0.39, 0.29) is 5.92 Å². The van der Waals surface area contributed by atoms with E-state index in [1.54, 1.807) is 12.4 Å². The summed E-state index contributed by atoms with van der Waals surface area (Å²) in [5, 5.41) is 1.04. The zero-order valence-electron chi connectivity index (χ0n) is 16.6. The molecular formula is C20H26Cl2N4O. The number of halogens is 2. The highest BCUT2D eigenvalue weighted by atomic mass is 35.5. The van der Waals surface area contributed by atoms with E-state index in [0.717, 1.165) is 28.3 Å². The predicted octanol–water partition coefficient (Wildman–Crippen LogP) is 5.81. The molecule has 5 nitrogen and oxygen atoms in total. The highest BCUT2D eigenvalue weighted by Gasteiger charge is 2.24. The van der Waals surface area contributed by atoms with Gasteiger partial charge in [-0.15, -0.1) is 0 Å². The van der Waals surface area contributed by atoms with Crippen LogP contribution in [0.15, 0.2) is 18.5 Å². The van der Waals surface area contributed by atoms with Crippen LogP contribution in [0.3, 0.4) is 0 Å². The molecule has 1 unspecified atom stereocenters. The number of nitrogens with zero attached hydrogens (tertiary/aromatic N) is 3. The number of nitrogen functional groups attached to an aromatic ring is 1. The Bertz CT molecular complexity index is 953. The van der Waals surface area contributed by atoms with Gasteiger partial charge in [-0.05, 0) is 38.0 Å².